The van der Waals surface area contributed by atoms with Gasteiger partial charge in [-0.1, -0.05) is 170 Å². The van der Waals surface area contributed by atoms with E-state index >= 15 is 0 Å². The summed E-state index contributed by atoms with van der Waals surface area (Å²) in [6.45, 7) is 6.38. The second kappa shape index (κ2) is 30.0. The van der Waals surface area contributed by atoms with Crippen LogP contribution in [0.1, 0.15) is 13.8 Å². The highest BCUT2D eigenvalue weighted by Crippen LogP contribution is 2.46. The van der Waals surface area contributed by atoms with Gasteiger partial charge < -0.3 is 40.8 Å². The summed E-state index contributed by atoms with van der Waals surface area (Å²) in [5, 5.41) is 21.4. The van der Waals surface area contributed by atoms with Gasteiger partial charge in [0.2, 0.25) is 0 Å². The second-order valence-corrected chi connectivity index (χ2v) is 34.6. The normalized spacial score (nSPS) is 12.0. The molecule has 13 heteroatoms. The summed E-state index contributed by atoms with van der Waals surface area (Å²) in [7, 11) is 0. The molecular formula is C120H79N11O2. The summed E-state index contributed by atoms with van der Waals surface area (Å²) in [6.07, 6.45) is 15.1. The molecule has 13 nitrogen and oxygen atoms in total. The number of aryl methyl sites for hydroxylation is 2. The zero-order valence-corrected chi connectivity index (χ0v) is 72.5. The van der Waals surface area contributed by atoms with E-state index in [2.05, 4.69) is 424 Å². The van der Waals surface area contributed by atoms with E-state index in [4.69, 9.17) is 8.83 Å². The molecule has 0 fully saturated rings. The number of aromatic nitrogens is 11. The van der Waals surface area contributed by atoms with E-state index in [1.165, 1.54) is 126 Å². The SMILES string of the molecule is CCn1c2ccccc2c2cc(-c3cccc(-c4ccc5c(c4)c4ccccc4n5CC)c3)ccc21.c1ccc(-n2c3ccc(-n4c5ccncc5c5cnccc54)cc3c3cc(-n4c5ccncc5c5cnccc54)ccc32)cc1.c1ccc2c(c1)oc1ccc(-n3c4ccccc4c4cc(-c5ccc6oc7ccc(-n8c9ccccc9c9ccccc98)cc7c6c5)ccc43)cc12. The maximum Gasteiger partial charge on any atom is 0.135 e. The molecule has 29 rings (SSSR count). The summed E-state index contributed by atoms with van der Waals surface area (Å²) < 4.78 is 29.1. The van der Waals surface area contributed by atoms with Crippen molar-refractivity contribution in [2.45, 2.75) is 26.9 Å². The van der Waals surface area contributed by atoms with Crippen molar-refractivity contribution in [1.82, 2.24) is 51.9 Å². The van der Waals surface area contributed by atoms with Gasteiger partial charge in [0.15, 0.2) is 0 Å². The third-order valence-electron chi connectivity index (χ3n) is 27.6. The third kappa shape index (κ3) is 11.8. The molecule has 0 spiro atoms. The van der Waals surface area contributed by atoms with Crippen LogP contribution < -0.4 is 0 Å². The molecule has 0 saturated carbocycles. The smallest absolute Gasteiger partial charge is 0.135 e. The average molecular weight is 1710 g/mol. The molecule has 13 heterocycles. The minimum absolute atomic E-state index is 0.887. The predicted octanol–water partition coefficient (Wildman–Crippen LogP) is 31.2. The molecule has 0 N–H and O–H groups in total. The Kier molecular flexibility index (Phi) is 17.0. The Bertz CT molecular complexity index is 9400. The Morgan fingerprint density at radius 2 is 0.429 bits per heavy atom. The largest absolute Gasteiger partial charge is 0.456 e. The van der Waals surface area contributed by atoms with Crippen molar-refractivity contribution in [1.29, 1.82) is 0 Å². The van der Waals surface area contributed by atoms with E-state index in [0.717, 1.165) is 146 Å². The number of benzene rings is 16. The van der Waals surface area contributed by atoms with Gasteiger partial charge in [-0.2, -0.15) is 0 Å². The topological polar surface area (TPSA) is 112 Å². The van der Waals surface area contributed by atoms with E-state index in [1.807, 2.05) is 61.7 Å². The monoisotopic (exact) mass is 1710 g/mol. The van der Waals surface area contributed by atoms with Crippen LogP contribution in [0, 0.1) is 0 Å². The van der Waals surface area contributed by atoms with Crippen LogP contribution in [-0.4, -0.2) is 51.9 Å². The van der Waals surface area contributed by atoms with Crippen LogP contribution in [0.15, 0.2) is 428 Å². The van der Waals surface area contributed by atoms with Crippen molar-refractivity contribution in [3.8, 4) is 61.8 Å². The maximum atomic E-state index is 6.40. The molecule has 0 bridgehead atoms. The number of furan rings is 2. The van der Waals surface area contributed by atoms with E-state index in [1.54, 1.807) is 0 Å². The summed E-state index contributed by atoms with van der Waals surface area (Å²) in [5.41, 5.74) is 33.1. The first-order chi connectivity index (χ1) is 65.9. The Hall–Kier alpha value is -17.7. The standard InChI is InChI=1S/C48H28N2O2.C38H23N7.C34H28N2/c1-5-13-41-33(9-1)34-10-2-6-14-42(34)49(41)32-20-24-48-40(28-32)38-26-30(18-22-46(38)52-48)29-17-21-44-37(25-29)35-11-3-7-15-43(35)50(44)31-19-23-47-39(27-31)36-12-4-8-16-45(36)51-47;1-2-4-24(5-3-1)43-33-8-6-25(44-35-10-14-39-20-29(35)30-21-40-15-11-36(30)44)18-27(33)28-19-26(7-9-34(28)43)45-37-12-16-41-22-31(37)32-23-42-17-13-38(32)45;1-3-35-31-14-7-5-12-27(31)29-21-25(16-18-33(29)35)23-10-9-11-24(20-23)26-17-19-34-30(22-26)28-13-6-8-15-32(28)36(34)4-2/h1-28H;1-23H;5-22H,3-4H2,1-2H3. The molecule has 0 aliphatic rings. The Labute approximate surface area is 760 Å². The number of nitrogens with zero attached hydrogens (tertiary/aromatic N) is 11. The van der Waals surface area contributed by atoms with Crippen molar-refractivity contribution >= 4 is 197 Å². The number of hydrogen-bond acceptors (Lipinski definition) is 6. The van der Waals surface area contributed by atoms with Gasteiger partial charge in [0, 0.05) is 210 Å². The average Bonchev–Trinajstić information content (AvgIpc) is 1.57. The quantitative estimate of drug-likeness (QED) is 0.135. The van der Waals surface area contributed by atoms with Gasteiger partial charge in [0.05, 0.1) is 55.2 Å². The number of rotatable bonds is 10. The van der Waals surface area contributed by atoms with Gasteiger partial charge in [-0.05, 0) is 247 Å². The molecule has 626 valence electrons. The van der Waals surface area contributed by atoms with Crippen molar-refractivity contribution in [2.75, 3.05) is 0 Å². The summed E-state index contributed by atoms with van der Waals surface area (Å²) in [4.78, 5) is 17.7. The number of hydrogen-bond donors (Lipinski definition) is 0. The fraction of sp³-hybridized carbons (Fsp3) is 0.0333. The molecule has 0 aliphatic heterocycles. The Balaban J connectivity index is 0.000000104. The molecule has 0 atom stereocenters. The van der Waals surface area contributed by atoms with E-state index < -0.39 is 0 Å². The van der Waals surface area contributed by atoms with Gasteiger partial charge in [-0.25, -0.2) is 0 Å². The highest BCUT2D eigenvalue weighted by molar-refractivity contribution is 6.18. The molecule has 16 aromatic carbocycles. The maximum absolute atomic E-state index is 6.40. The first-order valence-electron chi connectivity index (χ1n) is 45.4. The fourth-order valence-electron chi connectivity index (χ4n) is 21.7. The van der Waals surface area contributed by atoms with Crippen molar-refractivity contribution in [3.05, 3.63) is 420 Å². The highest BCUT2D eigenvalue weighted by atomic mass is 16.3. The summed E-state index contributed by atoms with van der Waals surface area (Å²) in [5.74, 6) is 0. The predicted molar refractivity (Wildman–Crippen MR) is 550 cm³/mol. The van der Waals surface area contributed by atoms with Gasteiger partial charge in [0.1, 0.15) is 22.3 Å². The summed E-state index contributed by atoms with van der Waals surface area (Å²) in [6, 6.07) is 133. The fourth-order valence-corrected chi connectivity index (χ4v) is 21.7. The molecular weight excluding hydrogens is 1630 g/mol. The zero-order valence-electron chi connectivity index (χ0n) is 72.5. The van der Waals surface area contributed by atoms with Crippen molar-refractivity contribution in [3.63, 3.8) is 0 Å². The second-order valence-electron chi connectivity index (χ2n) is 34.6. The van der Waals surface area contributed by atoms with Crippen LogP contribution >= 0.6 is 0 Å². The molecule has 0 saturated heterocycles. The lowest BCUT2D eigenvalue weighted by Crippen LogP contribution is -1.96. The number of pyridine rings is 4. The third-order valence-corrected chi connectivity index (χ3v) is 27.6. The number of para-hydroxylation sites is 7. The van der Waals surface area contributed by atoms with Gasteiger partial charge in [-0.3, -0.25) is 19.9 Å². The van der Waals surface area contributed by atoms with Crippen LogP contribution in [0.5, 0.6) is 0 Å². The van der Waals surface area contributed by atoms with Gasteiger partial charge >= 0.3 is 0 Å². The van der Waals surface area contributed by atoms with Gasteiger partial charge in [0.25, 0.3) is 0 Å². The molecule has 0 amide bonds. The summed E-state index contributed by atoms with van der Waals surface area (Å²) >= 11 is 0. The molecule has 0 radical (unpaired) electrons. The van der Waals surface area contributed by atoms with E-state index in [9.17, 15) is 0 Å². The minimum atomic E-state index is 0.887. The van der Waals surface area contributed by atoms with E-state index in [-0.39, 0.29) is 0 Å². The first kappa shape index (κ1) is 75.5. The Morgan fingerprint density at radius 3 is 0.857 bits per heavy atom. The molecule has 29 aromatic rings. The van der Waals surface area contributed by atoms with Crippen LogP contribution in [0.4, 0.5) is 0 Å². The highest BCUT2D eigenvalue weighted by Gasteiger charge is 2.24. The van der Waals surface area contributed by atoms with Crippen LogP contribution in [0.2, 0.25) is 0 Å². The zero-order chi connectivity index (χ0) is 87.6. The Morgan fingerprint density at radius 1 is 0.173 bits per heavy atom. The van der Waals surface area contributed by atoms with Crippen LogP contribution in [0.3, 0.4) is 0 Å². The van der Waals surface area contributed by atoms with Crippen LogP contribution in [0.25, 0.3) is 258 Å². The molecule has 13 aromatic heterocycles. The van der Waals surface area contributed by atoms with Crippen molar-refractivity contribution < 1.29 is 8.83 Å². The number of fused-ring (bicyclic) bond motifs is 27. The lowest BCUT2D eigenvalue weighted by Gasteiger charge is -2.10. The minimum Gasteiger partial charge on any atom is -0.456 e. The first-order valence-corrected chi connectivity index (χ1v) is 45.4. The van der Waals surface area contributed by atoms with Crippen molar-refractivity contribution in [2.24, 2.45) is 0 Å². The molecule has 0 aliphatic carbocycles. The molecule has 133 heavy (non-hydrogen) atoms. The molecule has 0 unspecified atom stereocenters. The lowest BCUT2D eigenvalue weighted by molar-refractivity contribution is 0.668. The van der Waals surface area contributed by atoms with E-state index in [0.29, 0.717) is 0 Å². The lowest BCUT2D eigenvalue weighted by atomic mass is 9.97. The van der Waals surface area contributed by atoms with Crippen LogP contribution in [-0.2, 0) is 13.1 Å². The van der Waals surface area contributed by atoms with Gasteiger partial charge in [-0.15, -0.1) is 0 Å².